The summed E-state index contributed by atoms with van der Waals surface area (Å²) in [6.07, 6.45) is 1.00. The number of hydrogen-bond acceptors (Lipinski definition) is 3. The van der Waals surface area contributed by atoms with Crippen molar-refractivity contribution >= 4 is 0 Å². The molecule has 3 nitrogen and oxygen atoms in total. The van der Waals surface area contributed by atoms with Crippen molar-refractivity contribution in [3.05, 3.63) is 43.2 Å². The van der Waals surface area contributed by atoms with Gasteiger partial charge in [-0.1, -0.05) is 21.8 Å². The molecule has 0 saturated carbocycles. The zero-order valence-corrected chi connectivity index (χ0v) is 19.2. The van der Waals surface area contributed by atoms with Gasteiger partial charge in [-0.2, -0.15) is 6.42 Å². The van der Waals surface area contributed by atoms with E-state index in [4.69, 9.17) is 5.26 Å². The van der Waals surface area contributed by atoms with Crippen LogP contribution >= 0.6 is 0 Å². The zero-order chi connectivity index (χ0) is 8.12. The summed E-state index contributed by atoms with van der Waals surface area (Å²) in [5.41, 5.74) is 4.25. The van der Waals surface area contributed by atoms with Crippen LogP contribution in [0.1, 0.15) is 31.1 Å². The Morgan fingerprint density at radius 1 is 1.00 bits per heavy atom. The quantitative estimate of drug-likeness (QED) is 0.338. The van der Waals surface area contributed by atoms with Crippen LogP contribution in [0.4, 0.5) is 0 Å². The minimum atomic E-state index is 0. The van der Waals surface area contributed by atoms with Crippen molar-refractivity contribution in [2.24, 2.45) is 5.73 Å². The van der Waals surface area contributed by atoms with E-state index in [2.05, 4.69) is 31.5 Å². The first-order valence-corrected chi connectivity index (χ1v) is 2.59. The van der Waals surface area contributed by atoms with Crippen LogP contribution in [0.25, 0.3) is 0 Å². The van der Waals surface area contributed by atoms with Gasteiger partial charge in [0.1, 0.15) is 0 Å². The first-order chi connectivity index (χ1) is 4.33. The summed E-state index contributed by atoms with van der Waals surface area (Å²) in [6.45, 7) is 8.76. The Morgan fingerprint density at radius 3 is 1.06 bits per heavy atom. The van der Waals surface area contributed by atoms with Crippen LogP contribution in [0.2, 0.25) is 0 Å². The van der Waals surface area contributed by atoms with Gasteiger partial charge in [0.15, 0.2) is 0 Å². The van der Waals surface area contributed by atoms with Crippen LogP contribution in [0.15, 0.2) is 0 Å². The number of rotatable bonds is 1. The van der Waals surface area contributed by atoms with Crippen LogP contribution in [-0.4, -0.2) is 11.9 Å². The molecule has 0 atom stereocenters. The monoisotopic (exact) mass is 480 g/mol. The molecule has 17 heavy (non-hydrogen) atoms. The van der Waals surface area contributed by atoms with E-state index in [1.807, 2.05) is 6.92 Å². The van der Waals surface area contributed by atoms with Crippen molar-refractivity contribution in [1.82, 2.24) is 0 Å². The van der Waals surface area contributed by atoms with Gasteiger partial charge < -0.3 is 41.9 Å². The van der Waals surface area contributed by atoms with Crippen molar-refractivity contribution in [2.75, 3.05) is 6.61 Å². The van der Waals surface area contributed by atoms with Gasteiger partial charge in [0, 0.05) is 98.1 Å². The Balaban J connectivity index is -0.00000000209. The summed E-state index contributed by atoms with van der Waals surface area (Å²) in [6, 6.07) is 0. The van der Waals surface area contributed by atoms with Gasteiger partial charge in [-0.3, -0.25) is 17.2 Å². The molecule has 0 spiro atoms. The summed E-state index contributed by atoms with van der Waals surface area (Å²) >= 11 is 0. The Hall–Kier alpha value is 3.19. The van der Waals surface area contributed by atoms with Gasteiger partial charge in [-0.05, 0) is 6.61 Å². The van der Waals surface area contributed by atoms with Crippen LogP contribution < -0.4 is 5.73 Å². The molecule has 0 amide bonds. The van der Waals surface area contributed by atoms with E-state index in [1.165, 1.54) is 0 Å². The molecule has 0 fully saturated rings. The van der Waals surface area contributed by atoms with Gasteiger partial charge in [-0.25, -0.2) is 0 Å². The van der Waals surface area contributed by atoms with Crippen LogP contribution in [-0.2, 0) is 103 Å². The summed E-state index contributed by atoms with van der Waals surface area (Å²) in [5.74, 6) is 0. The average molecular weight is 480 g/mol. The van der Waals surface area contributed by atoms with Crippen molar-refractivity contribution in [3.8, 4) is 0 Å². The van der Waals surface area contributed by atoms with E-state index in [9.17, 15) is 0 Å². The second kappa shape index (κ2) is 166. The van der Waals surface area contributed by atoms with E-state index in [1.54, 1.807) is 0 Å². The second-order valence-corrected chi connectivity index (χ2v) is 0.833. The molecule has 0 heterocycles. The number of hydrogen-bond donors (Lipinski definition) is 2. The fourth-order valence-corrected chi connectivity index (χ4v) is 0. The Bertz CT molecular complexity index is 41.4. The molecule has 0 saturated heterocycles. The van der Waals surface area contributed by atoms with E-state index in [0.29, 0.717) is 0 Å². The number of nitrogens with two attached hydrogens (primary N) is 1. The molecule has 0 aromatic carbocycles. The van der Waals surface area contributed by atoms with Crippen LogP contribution in [0.3, 0.4) is 0 Å². The van der Waals surface area contributed by atoms with Crippen molar-refractivity contribution in [2.45, 2.75) is 28.2 Å². The van der Waals surface area contributed by atoms with Crippen molar-refractivity contribution in [3.63, 3.8) is 0 Å². The molecular weight excluding hydrogens is 445 g/mol. The molecule has 0 aliphatic rings. The summed E-state index contributed by atoms with van der Waals surface area (Å²) in [7, 11) is 2.75. The maximum absolute atomic E-state index is 7.31. The molecule has 0 aromatic rings. The van der Waals surface area contributed by atoms with Crippen molar-refractivity contribution < 1.29 is 111 Å². The van der Waals surface area contributed by atoms with E-state index in [-0.39, 0.29) is 145 Å². The Morgan fingerprint density at radius 2 is 1.06 bits per heavy atom. The molecule has 0 aliphatic heterocycles. The molecule has 3 N–H and O–H groups in total. The van der Waals surface area contributed by atoms with Gasteiger partial charge in [0.05, 0.1) is 0 Å². The fourth-order valence-electron chi connectivity index (χ4n) is 0. The maximum atomic E-state index is 7.31. The van der Waals surface area contributed by atoms with Gasteiger partial charge >= 0.3 is 2.85 Å². The maximum Gasteiger partial charge on any atom is 1.00 e. The zero-order valence-electron chi connectivity index (χ0n) is 12.7. The van der Waals surface area contributed by atoms with Gasteiger partial charge in [0.2, 0.25) is 0 Å². The second-order valence-electron chi connectivity index (χ2n) is 0.833. The average Bonchev–Trinajstić information content (AvgIpc) is 1.94. The van der Waals surface area contributed by atoms with E-state index < -0.39 is 0 Å². The summed E-state index contributed by atoms with van der Waals surface area (Å²) in [5, 5.41) is 7.31. The van der Waals surface area contributed by atoms with E-state index in [0.717, 1.165) is 6.42 Å². The van der Waals surface area contributed by atoms with E-state index >= 15 is 0 Å². The smallest absolute Gasteiger partial charge is 0.486 e. The van der Waals surface area contributed by atoms with Crippen LogP contribution in [0, 0.1) is 43.2 Å². The molecule has 0 aromatic heterocycles. The van der Waals surface area contributed by atoms with Gasteiger partial charge in [-0.15, -0.1) is 0 Å². The predicted molar refractivity (Wildman–Crippen MR) is 74.1 cm³/mol. The molecule has 109 valence electrons. The predicted octanol–water partition coefficient (Wildman–Crippen LogP) is 4.12. The first-order valence-electron chi connectivity index (χ1n) is 2.59. The third-order valence-corrected chi connectivity index (χ3v) is 0.0913. The Kier molecular flexibility index (Phi) is 858. The molecule has 6 heteroatoms. The fraction of sp³-hybridized carbons (Fsp3) is 0.455. The third kappa shape index (κ3) is 323. The summed E-state index contributed by atoms with van der Waals surface area (Å²) < 4.78 is 0. The van der Waals surface area contributed by atoms with Crippen LogP contribution in [0.5, 0.6) is 0 Å². The van der Waals surface area contributed by atoms with Gasteiger partial charge in [0.25, 0.3) is 0 Å². The van der Waals surface area contributed by atoms with Crippen molar-refractivity contribution in [1.29, 1.82) is 0 Å². The first kappa shape index (κ1) is 88.0. The standard InChI is InChI=1S/C3H7.C2H5O2.CH4N.2CH4.3CH3.3Y/c1-3-2;1-2-4-3;1-2;;;;;;;;/h1,3H2,2H3;3H,1-2H2;1-2H2;2*1H4;3*1H3;;;/q3*-1;;;3*-1;;;/p+2. The molecule has 0 unspecified atom stereocenters. The Labute approximate surface area is 192 Å². The minimum Gasteiger partial charge on any atom is -0.486 e. The SMILES string of the molecule is C.C.[CH2-]CC.[CH2-]COO.[CH2-]N.[CH3-].[CH3-].[CH3-].[H+].[H+].[Y].[Y].[Y]. The molecular formula is C11H35NO2Y3-4. The minimum absolute atomic E-state index is 0. The topological polar surface area (TPSA) is 55.5 Å². The molecule has 0 bridgehead atoms. The normalized spacial score (nSPS) is 3.18. The molecule has 0 rings (SSSR count). The largest absolute Gasteiger partial charge is 1.00 e. The summed E-state index contributed by atoms with van der Waals surface area (Å²) in [4.78, 5) is 3.43. The molecule has 0 aliphatic carbocycles. The molecule has 3 radical (unpaired) electrons. The third-order valence-electron chi connectivity index (χ3n) is 0.0913.